The first-order chi connectivity index (χ1) is 13.0. The van der Waals surface area contributed by atoms with E-state index in [0.717, 1.165) is 11.1 Å². The highest BCUT2D eigenvalue weighted by atomic mass is 32.2. The van der Waals surface area contributed by atoms with Crippen LogP contribution >= 0.6 is 0 Å². The summed E-state index contributed by atoms with van der Waals surface area (Å²) in [7, 11) is -3.71. The van der Waals surface area contributed by atoms with Crippen molar-refractivity contribution in [1.29, 1.82) is 0 Å². The molecule has 0 unspecified atom stereocenters. The maximum atomic E-state index is 12.5. The SMILES string of the molecule is O=C(c1ccco1)N1CCc2ccc(NS(=O)(=O)c3cccnc3)cc2C1. The maximum absolute atomic E-state index is 12.5. The van der Waals surface area contributed by atoms with Gasteiger partial charge in [0.1, 0.15) is 4.90 Å². The predicted molar refractivity (Wildman–Crippen MR) is 98.6 cm³/mol. The van der Waals surface area contributed by atoms with Crippen LogP contribution in [-0.2, 0) is 23.0 Å². The largest absolute Gasteiger partial charge is 0.459 e. The number of anilines is 1. The third-order valence-electron chi connectivity index (χ3n) is 4.43. The summed E-state index contributed by atoms with van der Waals surface area (Å²) in [5.41, 5.74) is 2.46. The number of nitrogens with one attached hydrogen (secondary N) is 1. The van der Waals surface area contributed by atoms with Crippen molar-refractivity contribution >= 4 is 21.6 Å². The Bertz CT molecular complexity index is 1060. The van der Waals surface area contributed by atoms with Gasteiger partial charge in [0.2, 0.25) is 0 Å². The third-order valence-corrected chi connectivity index (χ3v) is 5.80. The normalized spacial score (nSPS) is 13.9. The smallest absolute Gasteiger partial charge is 0.289 e. The minimum absolute atomic E-state index is 0.0948. The van der Waals surface area contributed by atoms with Crippen molar-refractivity contribution in [2.24, 2.45) is 0 Å². The minimum Gasteiger partial charge on any atom is -0.459 e. The molecule has 0 saturated carbocycles. The number of nitrogens with zero attached hydrogens (tertiary/aromatic N) is 2. The van der Waals surface area contributed by atoms with Gasteiger partial charge in [0.25, 0.3) is 15.9 Å². The summed E-state index contributed by atoms with van der Waals surface area (Å²) in [6.45, 7) is 0.991. The molecule has 1 N–H and O–H groups in total. The first-order valence-electron chi connectivity index (χ1n) is 8.40. The lowest BCUT2D eigenvalue weighted by atomic mass is 9.99. The monoisotopic (exact) mass is 383 g/mol. The van der Waals surface area contributed by atoms with Crippen molar-refractivity contribution < 1.29 is 17.6 Å². The van der Waals surface area contributed by atoms with Crippen molar-refractivity contribution in [2.45, 2.75) is 17.9 Å². The van der Waals surface area contributed by atoms with Crippen molar-refractivity contribution in [3.63, 3.8) is 0 Å². The number of furan rings is 1. The molecule has 138 valence electrons. The number of benzene rings is 1. The standard InChI is InChI=1S/C19H17N3O4S/c23-19(18-4-2-10-26-18)22-9-7-14-5-6-16(11-15(14)13-22)21-27(24,25)17-3-1-8-20-12-17/h1-6,8,10-12,21H,7,9,13H2. The molecular weight excluding hydrogens is 366 g/mol. The van der Waals surface area contributed by atoms with Gasteiger partial charge in [-0.1, -0.05) is 6.07 Å². The molecule has 4 rings (SSSR count). The average molecular weight is 383 g/mol. The number of fused-ring (bicyclic) bond motifs is 1. The summed E-state index contributed by atoms with van der Waals surface area (Å²) in [5, 5.41) is 0. The Morgan fingerprint density at radius 1 is 1.15 bits per heavy atom. The molecule has 0 atom stereocenters. The summed E-state index contributed by atoms with van der Waals surface area (Å²) in [6, 6.07) is 11.8. The Hall–Kier alpha value is -3.13. The summed E-state index contributed by atoms with van der Waals surface area (Å²) in [4.78, 5) is 18.1. The lowest BCUT2D eigenvalue weighted by Gasteiger charge is -2.28. The molecule has 0 bridgehead atoms. The van der Waals surface area contributed by atoms with E-state index < -0.39 is 10.0 Å². The zero-order chi connectivity index (χ0) is 18.9. The molecule has 1 aliphatic heterocycles. The molecule has 0 spiro atoms. The molecule has 27 heavy (non-hydrogen) atoms. The molecule has 0 saturated heterocycles. The number of hydrogen-bond donors (Lipinski definition) is 1. The number of carbonyl (C=O) groups is 1. The first kappa shape index (κ1) is 17.3. The van der Waals surface area contributed by atoms with Gasteiger partial charge >= 0.3 is 0 Å². The molecule has 8 heteroatoms. The van der Waals surface area contributed by atoms with Gasteiger partial charge in [0.15, 0.2) is 5.76 Å². The lowest BCUT2D eigenvalue weighted by Crippen LogP contribution is -2.35. The molecule has 1 aromatic carbocycles. The lowest BCUT2D eigenvalue weighted by molar-refractivity contribution is 0.0702. The van der Waals surface area contributed by atoms with Crippen molar-refractivity contribution in [1.82, 2.24) is 9.88 Å². The van der Waals surface area contributed by atoms with E-state index in [-0.39, 0.29) is 10.8 Å². The van der Waals surface area contributed by atoms with Crippen LogP contribution in [0.5, 0.6) is 0 Å². The molecule has 0 radical (unpaired) electrons. The van der Waals surface area contributed by atoms with Crippen molar-refractivity contribution in [2.75, 3.05) is 11.3 Å². The van der Waals surface area contributed by atoms with E-state index >= 15 is 0 Å². The highest BCUT2D eigenvalue weighted by Crippen LogP contribution is 2.25. The highest BCUT2D eigenvalue weighted by Gasteiger charge is 2.24. The fourth-order valence-electron chi connectivity index (χ4n) is 3.07. The number of pyridine rings is 1. The minimum atomic E-state index is -3.71. The number of hydrogen-bond acceptors (Lipinski definition) is 5. The molecule has 7 nitrogen and oxygen atoms in total. The second kappa shape index (κ2) is 6.88. The Balaban J connectivity index is 1.55. The van der Waals surface area contributed by atoms with E-state index in [1.54, 1.807) is 35.2 Å². The molecule has 1 amide bonds. The Labute approximate surface area is 156 Å². The first-order valence-corrected chi connectivity index (χ1v) is 9.89. The Kier molecular flexibility index (Phi) is 4.41. The number of aromatic nitrogens is 1. The second-order valence-electron chi connectivity index (χ2n) is 6.23. The zero-order valence-electron chi connectivity index (χ0n) is 14.3. The quantitative estimate of drug-likeness (QED) is 0.748. The fourth-order valence-corrected chi connectivity index (χ4v) is 4.08. The average Bonchev–Trinajstić information content (AvgIpc) is 3.22. The van der Waals surface area contributed by atoms with Crippen LogP contribution in [0.15, 0.2) is 70.4 Å². The number of rotatable bonds is 4. The number of sulfonamides is 1. The topological polar surface area (TPSA) is 92.5 Å². The van der Waals surface area contributed by atoms with Gasteiger partial charge in [-0.3, -0.25) is 14.5 Å². The van der Waals surface area contributed by atoms with Crippen LogP contribution in [0.4, 0.5) is 5.69 Å². The second-order valence-corrected chi connectivity index (χ2v) is 7.91. The fraction of sp³-hybridized carbons (Fsp3) is 0.158. The van der Waals surface area contributed by atoms with Crippen molar-refractivity contribution in [3.8, 4) is 0 Å². The Morgan fingerprint density at radius 3 is 2.78 bits per heavy atom. The van der Waals surface area contributed by atoms with Crippen LogP contribution in [0.3, 0.4) is 0 Å². The number of amides is 1. The van der Waals surface area contributed by atoms with Gasteiger partial charge in [-0.05, 0) is 53.9 Å². The van der Waals surface area contributed by atoms with Crippen LogP contribution < -0.4 is 4.72 Å². The van der Waals surface area contributed by atoms with E-state index in [0.29, 0.717) is 31.0 Å². The van der Waals surface area contributed by atoms with Crippen LogP contribution in [0.1, 0.15) is 21.7 Å². The van der Waals surface area contributed by atoms with Crippen LogP contribution in [-0.4, -0.2) is 30.8 Å². The van der Waals surface area contributed by atoms with Gasteiger partial charge in [0.05, 0.1) is 6.26 Å². The van der Waals surface area contributed by atoms with Crippen LogP contribution in [0.25, 0.3) is 0 Å². The van der Waals surface area contributed by atoms with Gasteiger partial charge in [0, 0.05) is 31.2 Å². The van der Waals surface area contributed by atoms with E-state index in [2.05, 4.69) is 9.71 Å². The van der Waals surface area contributed by atoms with Crippen LogP contribution in [0, 0.1) is 0 Å². The molecule has 0 fully saturated rings. The van der Waals surface area contributed by atoms with Gasteiger partial charge in [-0.25, -0.2) is 8.42 Å². The zero-order valence-corrected chi connectivity index (χ0v) is 15.1. The molecular formula is C19H17N3O4S. The number of carbonyl (C=O) groups excluding carboxylic acids is 1. The van der Waals surface area contributed by atoms with Crippen molar-refractivity contribution in [3.05, 3.63) is 78.0 Å². The Morgan fingerprint density at radius 2 is 2.04 bits per heavy atom. The summed E-state index contributed by atoms with van der Waals surface area (Å²) < 4.78 is 32.7. The van der Waals surface area contributed by atoms with Gasteiger partial charge < -0.3 is 9.32 Å². The van der Waals surface area contributed by atoms with E-state index in [1.165, 1.54) is 24.7 Å². The van der Waals surface area contributed by atoms with E-state index in [9.17, 15) is 13.2 Å². The molecule has 0 aliphatic carbocycles. The highest BCUT2D eigenvalue weighted by molar-refractivity contribution is 7.92. The molecule has 3 aromatic rings. The van der Waals surface area contributed by atoms with Crippen LogP contribution in [0.2, 0.25) is 0 Å². The maximum Gasteiger partial charge on any atom is 0.289 e. The van der Waals surface area contributed by atoms with E-state index in [1.807, 2.05) is 6.07 Å². The predicted octanol–water partition coefficient (Wildman–Crippen LogP) is 2.67. The third kappa shape index (κ3) is 3.56. The van der Waals surface area contributed by atoms with Gasteiger partial charge in [-0.15, -0.1) is 0 Å². The summed E-state index contributed by atoms with van der Waals surface area (Å²) >= 11 is 0. The molecule has 2 aromatic heterocycles. The summed E-state index contributed by atoms with van der Waals surface area (Å²) in [5.74, 6) is 0.124. The molecule has 3 heterocycles. The van der Waals surface area contributed by atoms with Gasteiger partial charge in [-0.2, -0.15) is 0 Å². The van der Waals surface area contributed by atoms with E-state index in [4.69, 9.17) is 4.42 Å². The summed E-state index contributed by atoms with van der Waals surface area (Å²) in [6.07, 6.45) is 4.99. The molecule has 1 aliphatic rings.